The smallest absolute Gasteiger partial charge is 0.311 e. The monoisotopic (exact) mass is 319 g/mol. The normalized spacial score (nSPS) is 12.0. The number of carbonyl (C=O) groups excluding carboxylic acids is 1. The van der Waals surface area contributed by atoms with E-state index in [2.05, 4.69) is 0 Å². The third kappa shape index (κ3) is 3.59. The summed E-state index contributed by atoms with van der Waals surface area (Å²) in [5.41, 5.74) is 1.64. The first kappa shape index (κ1) is 16.7. The lowest BCUT2D eigenvalue weighted by molar-refractivity contribution is -0.136. The third-order valence-electron chi connectivity index (χ3n) is 3.83. The molecule has 1 unspecified atom stereocenters. The van der Waals surface area contributed by atoms with Crippen molar-refractivity contribution in [2.45, 2.75) is 26.3 Å². The van der Waals surface area contributed by atoms with Crippen LogP contribution in [0.25, 0.3) is 0 Å². The minimum absolute atomic E-state index is 0.137. The number of rotatable bonds is 5. The van der Waals surface area contributed by atoms with Crippen LogP contribution in [0.2, 0.25) is 0 Å². The molecule has 1 aromatic carbocycles. The first-order chi connectivity index (χ1) is 10.8. The van der Waals surface area contributed by atoms with E-state index in [-0.39, 0.29) is 35.5 Å². The predicted molar refractivity (Wildman–Crippen MR) is 81.7 cm³/mol. The van der Waals surface area contributed by atoms with E-state index in [0.29, 0.717) is 5.56 Å². The molecule has 1 atom stereocenters. The molecule has 122 valence electrons. The molecule has 2 rings (SSSR count). The van der Waals surface area contributed by atoms with E-state index < -0.39 is 5.97 Å². The maximum Gasteiger partial charge on any atom is 0.311 e. The Labute approximate surface area is 133 Å². The van der Waals surface area contributed by atoms with Gasteiger partial charge in [-0.2, -0.15) is 0 Å². The lowest BCUT2D eigenvalue weighted by atomic mass is 10.0. The Hall–Kier alpha value is -2.63. The highest BCUT2D eigenvalue weighted by Crippen LogP contribution is 2.25. The molecule has 0 spiro atoms. The van der Waals surface area contributed by atoms with Crippen molar-refractivity contribution < 1.29 is 23.5 Å². The van der Waals surface area contributed by atoms with Crippen LogP contribution in [-0.2, 0) is 11.2 Å². The summed E-state index contributed by atoms with van der Waals surface area (Å²) in [4.78, 5) is 25.1. The van der Waals surface area contributed by atoms with Crippen molar-refractivity contribution in [2.75, 3.05) is 7.05 Å². The van der Waals surface area contributed by atoms with E-state index in [1.165, 1.54) is 23.3 Å². The second-order valence-electron chi connectivity index (χ2n) is 5.43. The van der Waals surface area contributed by atoms with Crippen LogP contribution in [0.5, 0.6) is 0 Å². The topological polar surface area (TPSA) is 70.7 Å². The Morgan fingerprint density at radius 1 is 1.30 bits per heavy atom. The molecule has 0 saturated heterocycles. The lowest BCUT2D eigenvalue weighted by Gasteiger charge is -2.25. The fraction of sp³-hybridized carbons (Fsp3) is 0.294. The summed E-state index contributed by atoms with van der Waals surface area (Å²) in [7, 11) is 1.62. The van der Waals surface area contributed by atoms with Gasteiger partial charge >= 0.3 is 5.97 Å². The van der Waals surface area contributed by atoms with Crippen molar-refractivity contribution in [3.63, 3.8) is 0 Å². The highest BCUT2D eigenvalue weighted by Gasteiger charge is 2.26. The highest BCUT2D eigenvalue weighted by molar-refractivity contribution is 5.97. The lowest BCUT2D eigenvalue weighted by Crippen LogP contribution is -2.30. The molecule has 0 bridgehead atoms. The molecule has 1 aromatic heterocycles. The van der Waals surface area contributed by atoms with Crippen molar-refractivity contribution in [3.8, 4) is 0 Å². The van der Waals surface area contributed by atoms with Gasteiger partial charge < -0.3 is 14.4 Å². The standard InChI is InChI=1S/C17H18FNO4/c1-10-9-23-14(8-15(20)21)16(10)17(22)19(3)11(2)12-4-6-13(18)7-5-12/h4-7,9,11H,8H2,1-3H3,(H,20,21). The third-order valence-corrected chi connectivity index (χ3v) is 3.83. The van der Waals surface area contributed by atoms with Crippen LogP contribution in [0.15, 0.2) is 34.9 Å². The largest absolute Gasteiger partial charge is 0.481 e. The van der Waals surface area contributed by atoms with Crippen LogP contribution in [0, 0.1) is 12.7 Å². The van der Waals surface area contributed by atoms with Crippen LogP contribution < -0.4 is 0 Å². The number of carboxylic acids is 1. The maximum absolute atomic E-state index is 13.0. The fourth-order valence-corrected chi connectivity index (χ4v) is 2.37. The number of nitrogens with zero attached hydrogens (tertiary/aromatic N) is 1. The van der Waals surface area contributed by atoms with Crippen molar-refractivity contribution in [1.29, 1.82) is 0 Å². The second kappa shape index (κ2) is 6.64. The molecule has 23 heavy (non-hydrogen) atoms. The van der Waals surface area contributed by atoms with Gasteiger partial charge in [-0.15, -0.1) is 0 Å². The zero-order valence-corrected chi connectivity index (χ0v) is 13.2. The number of amides is 1. The number of hydrogen-bond donors (Lipinski definition) is 1. The quantitative estimate of drug-likeness (QED) is 0.919. The Kier molecular flexibility index (Phi) is 4.83. The minimum Gasteiger partial charge on any atom is -0.481 e. The van der Waals surface area contributed by atoms with E-state index in [1.54, 1.807) is 26.1 Å². The average molecular weight is 319 g/mol. The highest BCUT2D eigenvalue weighted by atomic mass is 19.1. The summed E-state index contributed by atoms with van der Waals surface area (Å²) in [5, 5.41) is 8.91. The SMILES string of the molecule is Cc1coc(CC(=O)O)c1C(=O)N(C)C(C)c1ccc(F)cc1. The molecular formula is C17H18FNO4. The summed E-state index contributed by atoms with van der Waals surface area (Å²) < 4.78 is 18.2. The van der Waals surface area contributed by atoms with Gasteiger partial charge in [-0.05, 0) is 31.5 Å². The van der Waals surface area contributed by atoms with E-state index >= 15 is 0 Å². The summed E-state index contributed by atoms with van der Waals surface area (Å²) >= 11 is 0. The molecule has 0 saturated carbocycles. The van der Waals surface area contributed by atoms with Crippen LogP contribution >= 0.6 is 0 Å². The number of hydrogen-bond acceptors (Lipinski definition) is 3. The molecule has 2 aromatic rings. The summed E-state index contributed by atoms with van der Waals surface area (Å²) in [6.45, 7) is 3.51. The van der Waals surface area contributed by atoms with Crippen LogP contribution in [0.1, 0.15) is 40.2 Å². The number of aryl methyl sites for hydroxylation is 1. The van der Waals surface area contributed by atoms with Crippen LogP contribution in [-0.4, -0.2) is 28.9 Å². The zero-order chi connectivity index (χ0) is 17.1. The van der Waals surface area contributed by atoms with E-state index in [9.17, 15) is 14.0 Å². The van der Waals surface area contributed by atoms with Gasteiger partial charge in [0.25, 0.3) is 5.91 Å². The Bertz CT molecular complexity index is 721. The zero-order valence-electron chi connectivity index (χ0n) is 13.2. The average Bonchev–Trinajstić information content (AvgIpc) is 2.85. The molecule has 0 fully saturated rings. The second-order valence-corrected chi connectivity index (χ2v) is 5.43. The number of halogens is 1. The van der Waals surface area contributed by atoms with Crippen LogP contribution in [0.3, 0.4) is 0 Å². The number of carbonyl (C=O) groups is 2. The molecule has 0 radical (unpaired) electrons. The molecule has 1 amide bonds. The van der Waals surface area contributed by atoms with Crippen LogP contribution in [0.4, 0.5) is 4.39 Å². The van der Waals surface area contributed by atoms with Gasteiger partial charge in [0.1, 0.15) is 18.0 Å². The molecular weight excluding hydrogens is 301 g/mol. The molecule has 6 heteroatoms. The number of benzene rings is 1. The summed E-state index contributed by atoms with van der Waals surface area (Å²) in [6, 6.07) is 5.61. The first-order valence-electron chi connectivity index (χ1n) is 7.12. The van der Waals surface area contributed by atoms with Crippen molar-refractivity contribution in [2.24, 2.45) is 0 Å². The Morgan fingerprint density at radius 2 is 1.91 bits per heavy atom. The Balaban J connectivity index is 2.27. The van der Waals surface area contributed by atoms with Gasteiger partial charge in [0.2, 0.25) is 0 Å². The van der Waals surface area contributed by atoms with Gasteiger partial charge in [0.15, 0.2) is 0 Å². The van der Waals surface area contributed by atoms with Gasteiger partial charge in [-0.25, -0.2) is 4.39 Å². The molecule has 0 aliphatic carbocycles. The molecule has 1 heterocycles. The number of aliphatic carboxylic acids is 1. The maximum atomic E-state index is 13.0. The van der Waals surface area contributed by atoms with Crippen molar-refractivity contribution >= 4 is 11.9 Å². The van der Waals surface area contributed by atoms with Crippen molar-refractivity contribution in [1.82, 2.24) is 4.90 Å². The van der Waals surface area contributed by atoms with Crippen molar-refractivity contribution in [3.05, 3.63) is 58.8 Å². The van der Waals surface area contributed by atoms with Gasteiger partial charge in [-0.3, -0.25) is 9.59 Å². The summed E-state index contributed by atoms with van der Waals surface area (Å²) in [6.07, 6.45) is 1.02. The number of carboxylic acid groups (broad SMARTS) is 1. The first-order valence-corrected chi connectivity index (χ1v) is 7.12. The van der Waals surface area contributed by atoms with E-state index in [4.69, 9.17) is 9.52 Å². The molecule has 0 aliphatic rings. The molecule has 0 aliphatic heterocycles. The minimum atomic E-state index is -1.07. The van der Waals surface area contributed by atoms with Gasteiger partial charge in [0, 0.05) is 12.6 Å². The summed E-state index contributed by atoms with van der Waals surface area (Å²) in [5.74, 6) is -1.60. The van der Waals surface area contributed by atoms with Gasteiger partial charge in [0.05, 0.1) is 17.9 Å². The molecule has 1 N–H and O–H groups in total. The van der Waals surface area contributed by atoms with E-state index in [0.717, 1.165) is 5.56 Å². The number of furan rings is 1. The molecule has 5 nitrogen and oxygen atoms in total. The fourth-order valence-electron chi connectivity index (χ4n) is 2.37. The predicted octanol–water partition coefficient (Wildman–Crippen LogP) is 3.19. The van der Waals surface area contributed by atoms with Gasteiger partial charge in [-0.1, -0.05) is 12.1 Å². The van der Waals surface area contributed by atoms with E-state index in [1.807, 2.05) is 6.92 Å². The Morgan fingerprint density at radius 3 is 2.48 bits per heavy atom.